The van der Waals surface area contributed by atoms with E-state index >= 15 is 0 Å². The molecule has 3 nitrogen and oxygen atoms in total. The van der Waals surface area contributed by atoms with E-state index in [-0.39, 0.29) is 25.0 Å². The van der Waals surface area contributed by atoms with Gasteiger partial charge in [0, 0.05) is 6.42 Å². The van der Waals surface area contributed by atoms with Crippen molar-refractivity contribution in [2.24, 2.45) is 0 Å². The van der Waals surface area contributed by atoms with Crippen LogP contribution in [0.15, 0.2) is 24.3 Å². The SMILES string of the molecule is O=C(CCOCC(F)(F)F)NC1CCCc2ccccc21. The van der Waals surface area contributed by atoms with Gasteiger partial charge < -0.3 is 10.1 Å². The molecule has 0 aromatic heterocycles. The van der Waals surface area contributed by atoms with Gasteiger partial charge in [-0.05, 0) is 30.4 Å². The van der Waals surface area contributed by atoms with Crippen molar-refractivity contribution in [2.75, 3.05) is 13.2 Å². The summed E-state index contributed by atoms with van der Waals surface area (Å²) in [6, 6.07) is 7.87. The van der Waals surface area contributed by atoms with Gasteiger partial charge in [0.05, 0.1) is 12.6 Å². The standard InChI is InChI=1S/C15H18F3NO2/c16-15(17,18)10-21-9-8-14(20)19-13-7-3-5-11-4-1-2-6-12(11)13/h1-2,4,6,13H,3,5,7-10H2,(H,19,20). The summed E-state index contributed by atoms with van der Waals surface area (Å²) < 4.78 is 40.1. The monoisotopic (exact) mass is 301 g/mol. The van der Waals surface area contributed by atoms with Gasteiger partial charge >= 0.3 is 6.18 Å². The van der Waals surface area contributed by atoms with E-state index in [0.717, 1.165) is 24.8 Å². The van der Waals surface area contributed by atoms with Gasteiger partial charge in [0.2, 0.25) is 5.91 Å². The average Bonchev–Trinajstić information content (AvgIpc) is 2.43. The van der Waals surface area contributed by atoms with Crippen molar-refractivity contribution >= 4 is 5.91 Å². The molecule has 0 heterocycles. The van der Waals surface area contributed by atoms with Crippen molar-refractivity contribution in [3.8, 4) is 0 Å². The smallest absolute Gasteiger partial charge is 0.372 e. The number of halogens is 3. The van der Waals surface area contributed by atoms with Crippen LogP contribution in [0.25, 0.3) is 0 Å². The highest BCUT2D eigenvalue weighted by atomic mass is 19.4. The first-order chi connectivity index (χ1) is 9.96. The molecule has 1 N–H and O–H groups in total. The first-order valence-corrected chi connectivity index (χ1v) is 6.97. The summed E-state index contributed by atoms with van der Waals surface area (Å²) in [6.07, 6.45) is -1.57. The lowest BCUT2D eigenvalue weighted by Gasteiger charge is -2.26. The van der Waals surface area contributed by atoms with E-state index in [1.54, 1.807) is 0 Å². The van der Waals surface area contributed by atoms with Crippen LogP contribution < -0.4 is 5.32 Å². The number of hydrogen-bond acceptors (Lipinski definition) is 2. The predicted octanol–water partition coefficient (Wildman–Crippen LogP) is 3.15. The Bertz CT molecular complexity index is 488. The third-order valence-electron chi connectivity index (χ3n) is 3.44. The van der Waals surface area contributed by atoms with Crippen LogP contribution in [-0.4, -0.2) is 25.3 Å². The van der Waals surface area contributed by atoms with Crippen LogP contribution in [0.4, 0.5) is 13.2 Å². The Balaban J connectivity index is 1.79. The summed E-state index contributed by atoms with van der Waals surface area (Å²) in [5.74, 6) is -0.279. The van der Waals surface area contributed by atoms with E-state index in [2.05, 4.69) is 10.1 Å². The third-order valence-corrected chi connectivity index (χ3v) is 3.44. The Morgan fingerprint density at radius 2 is 2.10 bits per heavy atom. The number of ether oxygens (including phenoxy) is 1. The number of amides is 1. The molecule has 0 saturated carbocycles. The molecule has 2 rings (SSSR count). The number of hydrogen-bond donors (Lipinski definition) is 1. The van der Waals surface area contributed by atoms with Crippen LogP contribution in [0.2, 0.25) is 0 Å². The Hall–Kier alpha value is -1.56. The van der Waals surface area contributed by atoms with Crippen LogP contribution in [0, 0.1) is 0 Å². The highest BCUT2D eigenvalue weighted by molar-refractivity contribution is 5.76. The first kappa shape index (κ1) is 15.8. The molecule has 0 bridgehead atoms. The summed E-state index contributed by atoms with van der Waals surface area (Å²) >= 11 is 0. The lowest BCUT2D eigenvalue weighted by Crippen LogP contribution is -2.31. The Kier molecular flexibility index (Phi) is 5.22. The summed E-state index contributed by atoms with van der Waals surface area (Å²) in [5, 5.41) is 2.87. The van der Waals surface area contributed by atoms with E-state index in [1.807, 2.05) is 24.3 Å². The van der Waals surface area contributed by atoms with E-state index in [9.17, 15) is 18.0 Å². The lowest BCUT2D eigenvalue weighted by molar-refractivity contribution is -0.174. The zero-order valence-corrected chi connectivity index (χ0v) is 11.6. The van der Waals surface area contributed by atoms with Gasteiger partial charge in [0.1, 0.15) is 6.61 Å². The molecule has 1 aliphatic carbocycles. The fourth-order valence-corrected chi connectivity index (χ4v) is 2.52. The number of benzene rings is 1. The van der Waals surface area contributed by atoms with Gasteiger partial charge in [-0.1, -0.05) is 24.3 Å². The molecular formula is C15H18F3NO2. The van der Waals surface area contributed by atoms with Crippen molar-refractivity contribution in [1.29, 1.82) is 0 Å². The molecule has 1 aliphatic rings. The highest BCUT2D eigenvalue weighted by Crippen LogP contribution is 2.29. The topological polar surface area (TPSA) is 38.3 Å². The molecule has 1 aromatic carbocycles. The molecule has 116 valence electrons. The van der Waals surface area contributed by atoms with Gasteiger partial charge in [-0.2, -0.15) is 13.2 Å². The summed E-state index contributed by atoms with van der Waals surface area (Å²) in [4.78, 5) is 11.8. The van der Waals surface area contributed by atoms with Crippen LogP contribution in [-0.2, 0) is 16.0 Å². The van der Waals surface area contributed by atoms with Crippen molar-refractivity contribution in [2.45, 2.75) is 37.9 Å². The summed E-state index contributed by atoms with van der Waals surface area (Å²) in [5.41, 5.74) is 2.33. The molecular weight excluding hydrogens is 283 g/mol. The molecule has 21 heavy (non-hydrogen) atoms. The first-order valence-electron chi connectivity index (χ1n) is 6.97. The van der Waals surface area contributed by atoms with Gasteiger partial charge in [-0.3, -0.25) is 4.79 Å². The summed E-state index contributed by atoms with van der Waals surface area (Å²) in [7, 11) is 0. The summed E-state index contributed by atoms with van der Waals surface area (Å²) in [6.45, 7) is -1.54. The number of rotatable bonds is 5. The molecule has 0 saturated heterocycles. The maximum absolute atomic E-state index is 11.9. The zero-order valence-electron chi connectivity index (χ0n) is 11.6. The number of nitrogens with one attached hydrogen (secondary N) is 1. The van der Waals surface area contributed by atoms with Gasteiger partial charge in [0.15, 0.2) is 0 Å². The van der Waals surface area contributed by atoms with E-state index in [1.165, 1.54) is 5.56 Å². The third kappa shape index (κ3) is 5.04. The minimum Gasteiger partial charge on any atom is -0.372 e. The highest BCUT2D eigenvalue weighted by Gasteiger charge is 2.27. The maximum atomic E-state index is 11.9. The zero-order chi connectivity index (χ0) is 15.3. The van der Waals surface area contributed by atoms with Gasteiger partial charge in [-0.15, -0.1) is 0 Å². The molecule has 0 aliphatic heterocycles. The normalized spacial score (nSPS) is 18.1. The van der Waals surface area contributed by atoms with Gasteiger partial charge in [0.25, 0.3) is 0 Å². The van der Waals surface area contributed by atoms with Crippen molar-refractivity contribution in [3.63, 3.8) is 0 Å². The fraction of sp³-hybridized carbons (Fsp3) is 0.533. The van der Waals surface area contributed by atoms with Crippen molar-refractivity contribution < 1.29 is 22.7 Å². The molecule has 0 fully saturated rings. The quantitative estimate of drug-likeness (QED) is 0.849. The predicted molar refractivity (Wildman–Crippen MR) is 71.8 cm³/mol. The molecule has 0 radical (unpaired) electrons. The Labute approximate surface area is 121 Å². The molecule has 1 aromatic rings. The number of carbonyl (C=O) groups excluding carboxylic acids is 1. The number of carbonyl (C=O) groups is 1. The van der Waals surface area contributed by atoms with Crippen molar-refractivity contribution in [3.05, 3.63) is 35.4 Å². The van der Waals surface area contributed by atoms with Gasteiger partial charge in [-0.25, -0.2) is 0 Å². The lowest BCUT2D eigenvalue weighted by atomic mass is 9.88. The van der Waals surface area contributed by atoms with E-state index < -0.39 is 12.8 Å². The molecule has 6 heteroatoms. The van der Waals surface area contributed by atoms with Crippen molar-refractivity contribution in [1.82, 2.24) is 5.32 Å². The Morgan fingerprint density at radius 3 is 2.86 bits per heavy atom. The fourth-order valence-electron chi connectivity index (χ4n) is 2.52. The largest absolute Gasteiger partial charge is 0.411 e. The van der Waals surface area contributed by atoms with Crippen LogP contribution in [0.1, 0.15) is 36.4 Å². The second-order valence-corrected chi connectivity index (χ2v) is 5.13. The molecule has 0 spiro atoms. The number of alkyl halides is 3. The minimum absolute atomic E-state index is 0.0509. The van der Waals surface area contributed by atoms with E-state index in [4.69, 9.17) is 0 Å². The van der Waals surface area contributed by atoms with E-state index in [0.29, 0.717) is 0 Å². The molecule has 1 atom stereocenters. The Morgan fingerprint density at radius 1 is 1.33 bits per heavy atom. The van der Waals surface area contributed by atoms with Crippen LogP contribution in [0.3, 0.4) is 0 Å². The number of aryl methyl sites for hydroxylation is 1. The average molecular weight is 301 g/mol. The van der Waals surface area contributed by atoms with Crippen LogP contribution >= 0.6 is 0 Å². The second-order valence-electron chi connectivity index (χ2n) is 5.13. The maximum Gasteiger partial charge on any atom is 0.411 e. The second kappa shape index (κ2) is 6.93. The molecule has 1 amide bonds. The number of fused-ring (bicyclic) bond motifs is 1. The molecule has 1 unspecified atom stereocenters. The minimum atomic E-state index is -4.35. The van der Waals surface area contributed by atoms with Crippen LogP contribution in [0.5, 0.6) is 0 Å².